The molecule has 0 aromatic heterocycles. The minimum Gasteiger partial charge on any atom is -0.493 e. The number of methoxy groups -OCH3 is 1. The van der Waals surface area contributed by atoms with Crippen molar-refractivity contribution in [3.63, 3.8) is 0 Å². The maximum Gasteiger partial charge on any atom is 0.349 e. The summed E-state index contributed by atoms with van der Waals surface area (Å²) in [7, 11) is 1.49. The SMILES string of the molecule is COc1cc(C=C(C#N)c2ccccc2)ccc1OC(=O)COc1ccc(-c2ccccc2)cc1. The van der Waals surface area contributed by atoms with Crippen molar-refractivity contribution in [3.8, 4) is 34.4 Å². The fourth-order valence-electron chi connectivity index (χ4n) is 3.49. The Morgan fingerprint density at radius 1 is 0.829 bits per heavy atom. The van der Waals surface area contributed by atoms with Gasteiger partial charge in [0.15, 0.2) is 18.1 Å². The van der Waals surface area contributed by atoms with Crippen LogP contribution in [0.15, 0.2) is 103 Å². The Morgan fingerprint density at radius 3 is 2.14 bits per heavy atom. The van der Waals surface area contributed by atoms with Gasteiger partial charge in [-0.15, -0.1) is 0 Å². The largest absolute Gasteiger partial charge is 0.493 e. The van der Waals surface area contributed by atoms with Crippen LogP contribution in [0, 0.1) is 11.3 Å². The van der Waals surface area contributed by atoms with Crippen molar-refractivity contribution in [3.05, 3.63) is 114 Å². The molecule has 5 heteroatoms. The van der Waals surface area contributed by atoms with Crippen molar-refractivity contribution in [2.45, 2.75) is 0 Å². The molecule has 0 bridgehead atoms. The number of benzene rings is 4. The van der Waals surface area contributed by atoms with Crippen LogP contribution in [-0.2, 0) is 4.79 Å². The summed E-state index contributed by atoms with van der Waals surface area (Å²) >= 11 is 0. The third-order valence-electron chi connectivity index (χ3n) is 5.25. The first-order chi connectivity index (χ1) is 17.2. The minimum atomic E-state index is -0.555. The van der Waals surface area contributed by atoms with Crippen LogP contribution in [0.1, 0.15) is 11.1 Å². The van der Waals surface area contributed by atoms with Gasteiger partial charge >= 0.3 is 5.97 Å². The van der Waals surface area contributed by atoms with Crippen LogP contribution in [0.3, 0.4) is 0 Å². The van der Waals surface area contributed by atoms with Gasteiger partial charge in [0.25, 0.3) is 0 Å². The lowest BCUT2D eigenvalue weighted by Gasteiger charge is -2.11. The predicted octanol–water partition coefficient (Wildman–Crippen LogP) is 6.41. The molecule has 4 aromatic carbocycles. The van der Waals surface area contributed by atoms with Crippen LogP contribution >= 0.6 is 0 Å². The summed E-state index contributed by atoms with van der Waals surface area (Å²) < 4.78 is 16.4. The van der Waals surface area contributed by atoms with Gasteiger partial charge in [-0.2, -0.15) is 5.26 Å². The molecule has 0 saturated heterocycles. The fraction of sp³-hybridized carbons (Fsp3) is 0.0667. The highest BCUT2D eigenvalue weighted by Gasteiger charge is 2.12. The van der Waals surface area contributed by atoms with E-state index in [1.165, 1.54) is 7.11 Å². The van der Waals surface area contributed by atoms with Crippen molar-refractivity contribution in [2.75, 3.05) is 13.7 Å². The van der Waals surface area contributed by atoms with Crippen LogP contribution in [-0.4, -0.2) is 19.7 Å². The molecular weight excluding hydrogens is 438 g/mol. The molecule has 4 rings (SSSR count). The van der Waals surface area contributed by atoms with E-state index in [0.717, 1.165) is 22.3 Å². The lowest BCUT2D eigenvalue weighted by Crippen LogP contribution is -2.18. The molecule has 5 nitrogen and oxygen atoms in total. The fourth-order valence-corrected chi connectivity index (χ4v) is 3.49. The number of ether oxygens (including phenoxy) is 3. The first kappa shape index (κ1) is 23.3. The monoisotopic (exact) mass is 461 g/mol. The van der Waals surface area contributed by atoms with E-state index in [1.54, 1.807) is 24.3 Å². The van der Waals surface area contributed by atoms with Crippen molar-refractivity contribution < 1.29 is 19.0 Å². The number of allylic oxidation sites excluding steroid dienone is 1. The van der Waals surface area contributed by atoms with Crippen LogP contribution in [0.5, 0.6) is 17.2 Å². The normalized spacial score (nSPS) is 10.8. The molecule has 0 spiro atoms. The number of nitriles is 1. The number of carbonyl (C=O) groups excluding carboxylic acids is 1. The number of esters is 1. The first-order valence-electron chi connectivity index (χ1n) is 11.0. The van der Waals surface area contributed by atoms with Gasteiger partial charge in [-0.25, -0.2) is 4.79 Å². The van der Waals surface area contributed by atoms with Gasteiger partial charge in [0.05, 0.1) is 18.8 Å². The summed E-state index contributed by atoms with van der Waals surface area (Å²) in [6, 6.07) is 34.2. The first-order valence-corrected chi connectivity index (χ1v) is 11.0. The zero-order valence-electron chi connectivity index (χ0n) is 19.2. The number of hydrogen-bond acceptors (Lipinski definition) is 5. The van der Waals surface area contributed by atoms with Gasteiger partial charge in [-0.3, -0.25) is 0 Å². The summed E-state index contributed by atoms with van der Waals surface area (Å²) in [5, 5.41) is 9.53. The second-order valence-electron chi connectivity index (χ2n) is 7.60. The Kier molecular flexibility index (Phi) is 7.57. The predicted molar refractivity (Wildman–Crippen MR) is 136 cm³/mol. The van der Waals surface area contributed by atoms with E-state index in [9.17, 15) is 10.1 Å². The van der Waals surface area contributed by atoms with Crippen molar-refractivity contribution in [1.82, 2.24) is 0 Å². The van der Waals surface area contributed by atoms with E-state index in [1.807, 2.05) is 84.9 Å². The zero-order chi connectivity index (χ0) is 24.5. The van der Waals surface area contributed by atoms with Gasteiger partial charge in [0.2, 0.25) is 0 Å². The standard InChI is InChI=1S/C30H23NO4/c1-33-29-19-22(18-26(20-31)24-10-6-3-7-11-24)12-17-28(29)35-30(32)21-34-27-15-13-25(14-16-27)23-8-4-2-5-9-23/h2-19H,21H2,1H3. The number of hydrogen-bond donors (Lipinski definition) is 0. The van der Waals surface area contributed by atoms with Gasteiger partial charge in [-0.05, 0) is 52.6 Å². The summed E-state index contributed by atoms with van der Waals surface area (Å²) in [5.74, 6) is 0.667. The van der Waals surface area contributed by atoms with Crippen LogP contribution in [0.25, 0.3) is 22.8 Å². The Hall–Kier alpha value is -4.82. The number of carbonyl (C=O) groups is 1. The summed E-state index contributed by atoms with van der Waals surface area (Å²) in [4.78, 5) is 12.4. The summed E-state index contributed by atoms with van der Waals surface area (Å²) in [6.07, 6.45) is 1.76. The van der Waals surface area contributed by atoms with E-state index >= 15 is 0 Å². The summed E-state index contributed by atoms with van der Waals surface area (Å²) in [6.45, 7) is -0.248. The quantitative estimate of drug-likeness (QED) is 0.131. The molecule has 35 heavy (non-hydrogen) atoms. The highest BCUT2D eigenvalue weighted by atomic mass is 16.6. The Balaban J connectivity index is 1.39. The molecule has 0 radical (unpaired) electrons. The second-order valence-corrected chi connectivity index (χ2v) is 7.60. The van der Waals surface area contributed by atoms with E-state index < -0.39 is 5.97 Å². The van der Waals surface area contributed by atoms with Crippen molar-refractivity contribution in [1.29, 1.82) is 5.26 Å². The molecule has 0 N–H and O–H groups in total. The average molecular weight is 462 g/mol. The van der Waals surface area contributed by atoms with E-state index in [4.69, 9.17) is 14.2 Å². The highest BCUT2D eigenvalue weighted by molar-refractivity contribution is 5.90. The number of nitrogens with zero attached hydrogens (tertiary/aromatic N) is 1. The molecule has 0 aliphatic carbocycles. The molecule has 0 fully saturated rings. The number of rotatable bonds is 8. The lowest BCUT2D eigenvalue weighted by atomic mass is 10.0. The lowest BCUT2D eigenvalue weighted by molar-refractivity contribution is -0.136. The van der Waals surface area contributed by atoms with Gasteiger partial charge in [0.1, 0.15) is 5.75 Å². The van der Waals surface area contributed by atoms with Gasteiger partial charge in [-0.1, -0.05) is 78.9 Å². The minimum absolute atomic E-state index is 0.248. The molecule has 4 aromatic rings. The maximum atomic E-state index is 12.4. The van der Waals surface area contributed by atoms with E-state index in [2.05, 4.69) is 6.07 Å². The smallest absolute Gasteiger partial charge is 0.349 e. The van der Waals surface area contributed by atoms with Crippen molar-refractivity contribution in [2.24, 2.45) is 0 Å². The third-order valence-corrected chi connectivity index (χ3v) is 5.25. The van der Waals surface area contributed by atoms with E-state index in [0.29, 0.717) is 17.1 Å². The topological polar surface area (TPSA) is 68.5 Å². The summed E-state index contributed by atoms with van der Waals surface area (Å²) in [5.41, 5.74) is 4.25. The Morgan fingerprint density at radius 2 is 1.49 bits per heavy atom. The molecule has 0 heterocycles. The van der Waals surface area contributed by atoms with Crippen LogP contribution in [0.2, 0.25) is 0 Å². The zero-order valence-corrected chi connectivity index (χ0v) is 19.2. The molecule has 0 atom stereocenters. The van der Waals surface area contributed by atoms with E-state index in [-0.39, 0.29) is 12.4 Å². The maximum absolute atomic E-state index is 12.4. The molecule has 0 saturated carbocycles. The molecule has 0 amide bonds. The Bertz CT molecular complexity index is 1360. The van der Waals surface area contributed by atoms with Gasteiger partial charge in [0, 0.05) is 0 Å². The molecule has 0 unspecified atom stereocenters. The molecule has 0 aliphatic rings. The molecule has 172 valence electrons. The average Bonchev–Trinajstić information content (AvgIpc) is 2.92. The van der Waals surface area contributed by atoms with Crippen LogP contribution in [0.4, 0.5) is 0 Å². The van der Waals surface area contributed by atoms with Crippen molar-refractivity contribution >= 4 is 17.6 Å². The van der Waals surface area contributed by atoms with Crippen LogP contribution < -0.4 is 14.2 Å². The molecular formula is C30H23NO4. The molecule has 0 aliphatic heterocycles. The highest BCUT2D eigenvalue weighted by Crippen LogP contribution is 2.30. The van der Waals surface area contributed by atoms with Gasteiger partial charge < -0.3 is 14.2 Å². The Labute approximate surface area is 204 Å². The second kappa shape index (κ2) is 11.4. The third kappa shape index (κ3) is 6.16.